The zero-order chi connectivity index (χ0) is 15.5. The van der Waals surface area contributed by atoms with Crippen molar-refractivity contribution >= 4 is 45.4 Å². The van der Waals surface area contributed by atoms with E-state index in [4.69, 9.17) is 16.4 Å². The van der Waals surface area contributed by atoms with Crippen molar-refractivity contribution in [3.63, 3.8) is 0 Å². The standard InChI is InChI=1S/C14H13ClN4OS2/c1-9-13(22-14-16-8-17-19(9)14)11(18-20-2)7-21-12-6-4-3-5-10(12)15/h3-6,8H,7H2,1-2H3/b18-11+. The Balaban J connectivity index is 1.87. The largest absolute Gasteiger partial charge is 0.399 e. The van der Waals surface area contributed by atoms with Gasteiger partial charge < -0.3 is 4.84 Å². The summed E-state index contributed by atoms with van der Waals surface area (Å²) >= 11 is 9.37. The Bertz CT molecular complexity index is 827. The Morgan fingerprint density at radius 2 is 2.27 bits per heavy atom. The fourth-order valence-corrected chi connectivity index (χ4v) is 4.29. The number of hydrogen-bond donors (Lipinski definition) is 0. The Hall–Kier alpha value is -1.57. The van der Waals surface area contributed by atoms with Crippen LogP contribution in [0.2, 0.25) is 5.02 Å². The number of nitrogens with zero attached hydrogens (tertiary/aromatic N) is 4. The van der Waals surface area contributed by atoms with Gasteiger partial charge in [-0.15, -0.1) is 11.8 Å². The van der Waals surface area contributed by atoms with Crippen molar-refractivity contribution < 1.29 is 4.84 Å². The number of halogens is 1. The van der Waals surface area contributed by atoms with E-state index in [0.717, 1.165) is 31.2 Å². The van der Waals surface area contributed by atoms with Crippen LogP contribution in [0.3, 0.4) is 0 Å². The first-order valence-corrected chi connectivity index (χ1v) is 8.65. The van der Waals surface area contributed by atoms with Crippen LogP contribution in [0.15, 0.2) is 40.6 Å². The highest BCUT2D eigenvalue weighted by atomic mass is 35.5. The molecule has 0 aliphatic carbocycles. The minimum absolute atomic E-state index is 0.655. The summed E-state index contributed by atoms with van der Waals surface area (Å²) in [5, 5.41) is 9.11. The third-order valence-corrected chi connectivity index (χ3v) is 5.74. The predicted molar refractivity (Wildman–Crippen MR) is 91.3 cm³/mol. The Kier molecular flexibility index (Phi) is 4.66. The molecule has 0 unspecified atom stereocenters. The summed E-state index contributed by atoms with van der Waals surface area (Å²) in [6.45, 7) is 2.00. The lowest BCUT2D eigenvalue weighted by molar-refractivity contribution is 0.213. The summed E-state index contributed by atoms with van der Waals surface area (Å²) in [5.41, 5.74) is 1.86. The van der Waals surface area contributed by atoms with Crippen molar-refractivity contribution in [2.75, 3.05) is 12.9 Å². The lowest BCUT2D eigenvalue weighted by Crippen LogP contribution is -2.06. The molecule has 2 heterocycles. The van der Waals surface area contributed by atoms with E-state index in [0.29, 0.717) is 5.75 Å². The van der Waals surface area contributed by atoms with E-state index in [1.807, 2.05) is 35.7 Å². The molecule has 0 fully saturated rings. The maximum Gasteiger partial charge on any atom is 0.212 e. The van der Waals surface area contributed by atoms with Crippen LogP contribution in [0.1, 0.15) is 10.6 Å². The number of benzene rings is 1. The highest BCUT2D eigenvalue weighted by Crippen LogP contribution is 2.29. The Morgan fingerprint density at radius 3 is 3.00 bits per heavy atom. The SMILES string of the molecule is CO/N=C(\CSc1ccccc1Cl)c1sc2ncnn2c1C. The van der Waals surface area contributed by atoms with Crippen LogP contribution in [0.25, 0.3) is 4.96 Å². The van der Waals surface area contributed by atoms with Crippen molar-refractivity contribution in [3.05, 3.63) is 46.2 Å². The van der Waals surface area contributed by atoms with Crippen LogP contribution in [0.5, 0.6) is 0 Å². The fraction of sp³-hybridized carbons (Fsp3) is 0.214. The summed E-state index contributed by atoms with van der Waals surface area (Å²) in [4.78, 5) is 12.1. The molecule has 0 amide bonds. The van der Waals surface area contributed by atoms with Crippen molar-refractivity contribution in [2.45, 2.75) is 11.8 Å². The minimum atomic E-state index is 0.655. The molecule has 3 aromatic rings. The smallest absolute Gasteiger partial charge is 0.212 e. The molecule has 0 bridgehead atoms. The van der Waals surface area contributed by atoms with Gasteiger partial charge in [-0.25, -0.2) is 9.50 Å². The van der Waals surface area contributed by atoms with Crippen molar-refractivity contribution in [3.8, 4) is 0 Å². The molecule has 0 aliphatic heterocycles. The van der Waals surface area contributed by atoms with Crippen LogP contribution in [0, 0.1) is 6.92 Å². The highest BCUT2D eigenvalue weighted by Gasteiger charge is 2.17. The third-order valence-electron chi connectivity index (χ3n) is 3.02. The third kappa shape index (κ3) is 2.97. The molecule has 1 aromatic carbocycles. The number of thiazole rings is 1. The van der Waals surface area contributed by atoms with E-state index in [2.05, 4.69) is 15.2 Å². The zero-order valence-corrected chi connectivity index (χ0v) is 14.4. The van der Waals surface area contributed by atoms with Gasteiger partial charge in [0.15, 0.2) is 0 Å². The minimum Gasteiger partial charge on any atom is -0.399 e. The topological polar surface area (TPSA) is 51.8 Å². The van der Waals surface area contributed by atoms with Gasteiger partial charge in [0.05, 0.1) is 15.6 Å². The van der Waals surface area contributed by atoms with Gasteiger partial charge in [0.25, 0.3) is 0 Å². The van der Waals surface area contributed by atoms with Gasteiger partial charge in [-0.05, 0) is 19.1 Å². The van der Waals surface area contributed by atoms with E-state index in [-0.39, 0.29) is 0 Å². The van der Waals surface area contributed by atoms with Crippen molar-refractivity contribution in [2.24, 2.45) is 5.16 Å². The zero-order valence-electron chi connectivity index (χ0n) is 12.0. The average molecular weight is 353 g/mol. The number of oxime groups is 1. The Morgan fingerprint density at radius 1 is 1.45 bits per heavy atom. The van der Waals surface area contributed by atoms with E-state index < -0.39 is 0 Å². The van der Waals surface area contributed by atoms with Gasteiger partial charge in [0.2, 0.25) is 4.96 Å². The first kappa shape index (κ1) is 15.3. The molecule has 0 N–H and O–H groups in total. The monoisotopic (exact) mass is 352 g/mol. The molecule has 0 spiro atoms. The Labute approximate surface area is 141 Å². The normalized spacial score (nSPS) is 12.0. The number of hydrogen-bond acceptors (Lipinski definition) is 6. The lowest BCUT2D eigenvalue weighted by atomic mass is 10.3. The fourth-order valence-electron chi connectivity index (χ4n) is 2.01. The number of aromatic nitrogens is 3. The van der Waals surface area contributed by atoms with Crippen molar-refractivity contribution in [1.29, 1.82) is 0 Å². The molecule has 0 saturated heterocycles. The molecule has 8 heteroatoms. The summed E-state index contributed by atoms with van der Waals surface area (Å²) in [6, 6.07) is 7.76. The molecule has 5 nitrogen and oxygen atoms in total. The maximum absolute atomic E-state index is 6.20. The molecule has 0 saturated carbocycles. The van der Waals surface area contributed by atoms with Gasteiger partial charge in [-0.3, -0.25) is 0 Å². The highest BCUT2D eigenvalue weighted by molar-refractivity contribution is 8.00. The molecular formula is C14H13ClN4OS2. The van der Waals surface area contributed by atoms with Crippen molar-refractivity contribution in [1.82, 2.24) is 14.6 Å². The second kappa shape index (κ2) is 6.68. The van der Waals surface area contributed by atoms with Crippen LogP contribution < -0.4 is 0 Å². The van der Waals surface area contributed by atoms with Gasteiger partial charge >= 0.3 is 0 Å². The van der Waals surface area contributed by atoms with Crippen LogP contribution in [0.4, 0.5) is 0 Å². The summed E-state index contributed by atoms with van der Waals surface area (Å²) in [7, 11) is 1.55. The molecule has 2 aromatic heterocycles. The van der Waals surface area contributed by atoms with Gasteiger partial charge in [0.1, 0.15) is 19.1 Å². The van der Waals surface area contributed by atoms with Crippen LogP contribution >= 0.6 is 34.7 Å². The molecule has 0 atom stereocenters. The molecule has 3 rings (SSSR count). The first-order valence-electron chi connectivity index (χ1n) is 6.47. The van der Waals surface area contributed by atoms with Crippen LogP contribution in [-0.4, -0.2) is 33.2 Å². The lowest BCUT2D eigenvalue weighted by Gasteiger charge is -2.06. The van der Waals surface area contributed by atoms with Gasteiger partial charge in [-0.1, -0.05) is 40.2 Å². The molecular weight excluding hydrogens is 340 g/mol. The number of rotatable bonds is 5. The summed E-state index contributed by atoms with van der Waals surface area (Å²) in [6.07, 6.45) is 1.55. The van der Waals surface area contributed by atoms with E-state index in [1.54, 1.807) is 36.5 Å². The number of fused-ring (bicyclic) bond motifs is 1. The van der Waals surface area contributed by atoms with Gasteiger partial charge in [-0.2, -0.15) is 5.10 Å². The van der Waals surface area contributed by atoms with Crippen LogP contribution in [-0.2, 0) is 4.84 Å². The van der Waals surface area contributed by atoms with E-state index in [9.17, 15) is 0 Å². The second-order valence-electron chi connectivity index (χ2n) is 4.41. The quantitative estimate of drug-likeness (QED) is 0.397. The number of aryl methyl sites for hydroxylation is 1. The molecule has 0 aliphatic rings. The molecule has 0 radical (unpaired) electrons. The maximum atomic E-state index is 6.20. The van der Waals surface area contributed by atoms with Gasteiger partial charge in [0, 0.05) is 10.6 Å². The summed E-state index contributed by atoms with van der Waals surface area (Å²) in [5.74, 6) is 0.655. The molecule has 22 heavy (non-hydrogen) atoms. The molecule has 114 valence electrons. The van der Waals surface area contributed by atoms with E-state index in [1.165, 1.54) is 0 Å². The number of thioether (sulfide) groups is 1. The predicted octanol–water partition coefficient (Wildman–Crippen LogP) is 3.90. The second-order valence-corrected chi connectivity index (χ2v) is 6.81. The van der Waals surface area contributed by atoms with E-state index >= 15 is 0 Å². The summed E-state index contributed by atoms with van der Waals surface area (Å²) < 4.78 is 1.81. The first-order chi connectivity index (χ1) is 10.7. The average Bonchev–Trinajstić information content (AvgIpc) is 3.09.